The van der Waals surface area contributed by atoms with E-state index in [9.17, 15) is 0 Å². The number of pyridine rings is 1. The summed E-state index contributed by atoms with van der Waals surface area (Å²) >= 11 is 5.98. The van der Waals surface area contributed by atoms with Crippen molar-refractivity contribution in [3.8, 4) is 0 Å². The van der Waals surface area contributed by atoms with Crippen LogP contribution in [0.2, 0.25) is 5.02 Å². The summed E-state index contributed by atoms with van der Waals surface area (Å²) in [5.74, 6) is 0. The van der Waals surface area contributed by atoms with Crippen molar-refractivity contribution < 1.29 is 0 Å². The van der Waals surface area contributed by atoms with E-state index in [2.05, 4.69) is 25.8 Å². The van der Waals surface area contributed by atoms with Crippen LogP contribution in [-0.2, 0) is 6.42 Å². The first-order chi connectivity index (χ1) is 8.38. The van der Waals surface area contributed by atoms with Crippen LogP contribution >= 0.6 is 11.6 Å². The Kier molecular flexibility index (Phi) is 3.60. The highest BCUT2D eigenvalue weighted by Gasteiger charge is 2.21. The molecule has 0 radical (unpaired) electrons. The minimum atomic E-state index is 0.0992. The predicted molar refractivity (Wildman–Crippen MR) is 77.9 cm³/mol. The van der Waals surface area contributed by atoms with Crippen LogP contribution in [-0.4, -0.2) is 11.0 Å². The third-order valence-electron chi connectivity index (χ3n) is 3.35. The molecule has 1 aromatic heterocycles. The first-order valence-electron chi connectivity index (χ1n) is 6.16. The molecule has 0 amide bonds. The van der Waals surface area contributed by atoms with Gasteiger partial charge in [0.25, 0.3) is 0 Å². The van der Waals surface area contributed by atoms with E-state index in [0.29, 0.717) is 5.02 Å². The van der Waals surface area contributed by atoms with Gasteiger partial charge in [0.2, 0.25) is 0 Å². The van der Waals surface area contributed by atoms with Crippen molar-refractivity contribution in [1.29, 1.82) is 0 Å². The molecule has 0 saturated heterocycles. The molecule has 0 aliphatic carbocycles. The SMILES string of the molecule is CC(C)(C)C(N)Cc1ccnc2cc(Cl)ccc12. The molecular formula is C15H19ClN2. The molecule has 3 heteroatoms. The summed E-state index contributed by atoms with van der Waals surface area (Å²) < 4.78 is 0. The van der Waals surface area contributed by atoms with Gasteiger partial charge in [0, 0.05) is 22.6 Å². The molecule has 96 valence electrons. The summed E-state index contributed by atoms with van der Waals surface area (Å²) in [4.78, 5) is 4.35. The molecule has 2 nitrogen and oxygen atoms in total. The first-order valence-corrected chi connectivity index (χ1v) is 6.54. The van der Waals surface area contributed by atoms with Crippen molar-refractivity contribution in [3.63, 3.8) is 0 Å². The maximum absolute atomic E-state index is 6.26. The summed E-state index contributed by atoms with van der Waals surface area (Å²) in [6.07, 6.45) is 2.67. The third kappa shape index (κ3) is 2.82. The van der Waals surface area contributed by atoms with Gasteiger partial charge >= 0.3 is 0 Å². The summed E-state index contributed by atoms with van der Waals surface area (Å²) in [6.45, 7) is 6.49. The maximum atomic E-state index is 6.26. The number of rotatable bonds is 2. The third-order valence-corrected chi connectivity index (χ3v) is 3.58. The number of hydrogen-bond acceptors (Lipinski definition) is 2. The van der Waals surface area contributed by atoms with Gasteiger partial charge in [-0.1, -0.05) is 38.4 Å². The lowest BCUT2D eigenvalue weighted by atomic mass is 9.83. The highest BCUT2D eigenvalue weighted by Crippen LogP contribution is 2.25. The fourth-order valence-corrected chi connectivity index (χ4v) is 2.07. The fourth-order valence-electron chi connectivity index (χ4n) is 1.90. The fraction of sp³-hybridized carbons (Fsp3) is 0.400. The summed E-state index contributed by atoms with van der Waals surface area (Å²) in [5.41, 5.74) is 8.52. The number of nitrogens with zero attached hydrogens (tertiary/aromatic N) is 1. The first kappa shape index (κ1) is 13.3. The van der Waals surface area contributed by atoms with Crippen LogP contribution < -0.4 is 5.73 Å². The molecule has 0 aliphatic rings. The van der Waals surface area contributed by atoms with Crippen molar-refractivity contribution in [3.05, 3.63) is 41.0 Å². The molecule has 0 bridgehead atoms. The molecule has 1 unspecified atom stereocenters. The standard InChI is InChI=1S/C15H19ClN2/c1-15(2,3)14(17)8-10-6-7-18-13-9-11(16)4-5-12(10)13/h4-7,9,14H,8,17H2,1-3H3. The minimum Gasteiger partial charge on any atom is -0.327 e. The minimum absolute atomic E-state index is 0.0992. The Morgan fingerprint density at radius 2 is 2.00 bits per heavy atom. The molecule has 0 spiro atoms. The zero-order valence-electron chi connectivity index (χ0n) is 11.1. The highest BCUT2D eigenvalue weighted by atomic mass is 35.5. The van der Waals surface area contributed by atoms with Crippen molar-refractivity contribution >= 4 is 22.5 Å². The molecule has 18 heavy (non-hydrogen) atoms. The van der Waals surface area contributed by atoms with E-state index in [1.165, 1.54) is 5.56 Å². The second-order valence-electron chi connectivity index (χ2n) is 5.81. The number of aromatic nitrogens is 1. The van der Waals surface area contributed by atoms with Crippen molar-refractivity contribution in [2.45, 2.75) is 33.2 Å². The number of nitrogens with two attached hydrogens (primary N) is 1. The smallest absolute Gasteiger partial charge is 0.0719 e. The molecule has 2 aromatic rings. The Hall–Kier alpha value is -1.12. The Morgan fingerprint density at radius 1 is 1.28 bits per heavy atom. The van der Waals surface area contributed by atoms with Crippen LogP contribution in [0, 0.1) is 5.41 Å². The topological polar surface area (TPSA) is 38.9 Å². The van der Waals surface area contributed by atoms with E-state index in [4.69, 9.17) is 17.3 Å². The summed E-state index contributed by atoms with van der Waals surface area (Å²) in [7, 11) is 0. The van der Waals surface area contributed by atoms with Crippen LogP contribution in [0.15, 0.2) is 30.5 Å². The van der Waals surface area contributed by atoms with Gasteiger partial charge in [0.15, 0.2) is 0 Å². The molecule has 1 atom stereocenters. The molecule has 1 heterocycles. The van der Waals surface area contributed by atoms with E-state index in [0.717, 1.165) is 17.3 Å². The second-order valence-corrected chi connectivity index (χ2v) is 6.24. The van der Waals surface area contributed by atoms with E-state index < -0.39 is 0 Å². The monoisotopic (exact) mass is 262 g/mol. The molecule has 0 aliphatic heterocycles. The van der Waals surface area contributed by atoms with Gasteiger partial charge in [0.1, 0.15) is 0 Å². The van der Waals surface area contributed by atoms with E-state index in [-0.39, 0.29) is 11.5 Å². The molecule has 2 N–H and O–H groups in total. The molecule has 2 rings (SSSR count). The average molecular weight is 263 g/mol. The van der Waals surface area contributed by atoms with Crippen LogP contribution in [0.4, 0.5) is 0 Å². The van der Waals surface area contributed by atoms with Gasteiger partial charge in [-0.15, -0.1) is 0 Å². The second kappa shape index (κ2) is 4.87. The largest absolute Gasteiger partial charge is 0.327 e. The van der Waals surface area contributed by atoms with Crippen LogP contribution in [0.3, 0.4) is 0 Å². The highest BCUT2D eigenvalue weighted by molar-refractivity contribution is 6.31. The predicted octanol–water partition coefficient (Wildman–Crippen LogP) is 3.80. The van der Waals surface area contributed by atoms with Crippen molar-refractivity contribution in [2.24, 2.45) is 11.1 Å². The Morgan fingerprint density at radius 3 is 2.67 bits per heavy atom. The quantitative estimate of drug-likeness (QED) is 0.894. The van der Waals surface area contributed by atoms with E-state index >= 15 is 0 Å². The molecule has 0 saturated carbocycles. The Labute approximate surface area is 113 Å². The lowest BCUT2D eigenvalue weighted by molar-refractivity contribution is 0.319. The van der Waals surface area contributed by atoms with Crippen molar-refractivity contribution in [2.75, 3.05) is 0 Å². The summed E-state index contributed by atoms with van der Waals surface area (Å²) in [6, 6.07) is 7.98. The Bertz CT molecular complexity index is 558. The lowest BCUT2D eigenvalue weighted by Gasteiger charge is -2.27. The van der Waals surface area contributed by atoms with Gasteiger partial charge in [0.05, 0.1) is 5.52 Å². The van der Waals surface area contributed by atoms with Crippen molar-refractivity contribution in [1.82, 2.24) is 4.98 Å². The molecule has 0 fully saturated rings. The van der Waals surface area contributed by atoms with Gasteiger partial charge < -0.3 is 5.73 Å². The van der Waals surface area contributed by atoms with Crippen LogP contribution in [0.25, 0.3) is 10.9 Å². The number of benzene rings is 1. The van der Waals surface area contributed by atoms with E-state index in [1.54, 1.807) is 0 Å². The normalized spacial score (nSPS) is 13.8. The van der Waals surface area contributed by atoms with Gasteiger partial charge in [-0.2, -0.15) is 0 Å². The maximum Gasteiger partial charge on any atom is 0.0719 e. The number of hydrogen-bond donors (Lipinski definition) is 1. The van der Waals surface area contributed by atoms with Crippen LogP contribution in [0.5, 0.6) is 0 Å². The van der Waals surface area contributed by atoms with E-state index in [1.807, 2.05) is 30.5 Å². The summed E-state index contributed by atoms with van der Waals surface area (Å²) in [5, 5.41) is 1.86. The molecule has 1 aromatic carbocycles. The lowest BCUT2D eigenvalue weighted by Crippen LogP contribution is -2.36. The van der Waals surface area contributed by atoms with Gasteiger partial charge in [-0.05, 0) is 35.6 Å². The van der Waals surface area contributed by atoms with Gasteiger partial charge in [-0.25, -0.2) is 0 Å². The van der Waals surface area contributed by atoms with Crippen LogP contribution in [0.1, 0.15) is 26.3 Å². The molecular weight excluding hydrogens is 244 g/mol. The Balaban J connectivity index is 2.40. The zero-order chi connectivity index (χ0) is 13.3. The average Bonchev–Trinajstić information content (AvgIpc) is 2.27. The number of halogens is 1. The zero-order valence-corrected chi connectivity index (χ0v) is 11.8. The number of fused-ring (bicyclic) bond motifs is 1. The van der Waals surface area contributed by atoms with Gasteiger partial charge in [-0.3, -0.25) is 4.98 Å².